The Morgan fingerprint density at radius 3 is 2.12 bits per heavy atom. The maximum atomic E-state index is 12.6. The van der Waals surface area contributed by atoms with E-state index >= 15 is 0 Å². The Morgan fingerprint density at radius 2 is 1.52 bits per heavy atom. The first kappa shape index (κ1) is 36.7. The number of rotatable bonds is 12. The average Bonchev–Trinajstić information content (AvgIpc) is 3.07. The topological polar surface area (TPSA) is 143 Å². The normalized spacial score (nSPS) is 16.4. The Labute approximate surface area is 282 Å². The molecular weight excluding hydrogens is 671 g/mol. The minimum Gasteiger partial charge on any atom is -0.497 e. The molecule has 1 saturated carbocycles. The molecule has 0 spiro atoms. The summed E-state index contributed by atoms with van der Waals surface area (Å²) in [6.45, 7) is 1.98. The lowest BCUT2D eigenvalue weighted by atomic mass is 9.82. The van der Waals surface area contributed by atoms with E-state index in [1.54, 1.807) is 19.2 Å². The van der Waals surface area contributed by atoms with Crippen LogP contribution in [-0.2, 0) is 21.2 Å². The van der Waals surface area contributed by atoms with Crippen molar-refractivity contribution < 1.29 is 36.2 Å². The first-order chi connectivity index (χ1) is 22.8. The van der Waals surface area contributed by atoms with Crippen LogP contribution in [0.3, 0.4) is 0 Å². The van der Waals surface area contributed by atoms with Gasteiger partial charge in [0.25, 0.3) is 0 Å². The van der Waals surface area contributed by atoms with Crippen LogP contribution in [-0.4, -0.2) is 62.4 Å². The molecule has 10 nitrogen and oxygen atoms in total. The van der Waals surface area contributed by atoms with Gasteiger partial charge in [-0.1, -0.05) is 35.9 Å². The summed E-state index contributed by atoms with van der Waals surface area (Å²) >= 11 is 5.89. The third kappa shape index (κ3) is 11.0. The van der Waals surface area contributed by atoms with E-state index in [9.17, 15) is 21.6 Å². The monoisotopic (exact) mass is 707 g/mol. The number of nitrogens with zero attached hydrogens (tertiary/aromatic N) is 2. The number of ether oxygens (including phenoxy) is 1. The summed E-state index contributed by atoms with van der Waals surface area (Å²) in [7, 11) is -1.86. The fourth-order valence-corrected chi connectivity index (χ4v) is 6.45. The van der Waals surface area contributed by atoms with E-state index in [0.717, 1.165) is 67.7 Å². The van der Waals surface area contributed by atoms with Gasteiger partial charge < -0.3 is 20.5 Å². The SMILES string of the molecule is COc1ccc(CCNc2nc(NCC3CCC(CNS(=O)(=O)c4ccc(Cl)cc4)CC3)nc3ccccc23)cc1.O=C(O)C(F)(F)F. The molecule has 0 radical (unpaired) electrons. The Hall–Kier alpha value is -4.14. The highest BCUT2D eigenvalue weighted by Gasteiger charge is 2.38. The van der Waals surface area contributed by atoms with Gasteiger partial charge in [-0.3, -0.25) is 0 Å². The molecule has 0 saturated heterocycles. The van der Waals surface area contributed by atoms with E-state index in [0.29, 0.717) is 29.4 Å². The predicted molar refractivity (Wildman–Crippen MR) is 179 cm³/mol. The van der Waals surface area contributed by atoms with Crippen molar-refractivity contribution in [3.63, 3.8) is 0 Å². The van der Waals surface area contributed by atoms with Crippen LogP contribution in [0.25, 0.3) is 10.9 Å². The predicted octanol–water partition coefficient (Wildman–Crippen LogP) is 6.78. The van der Waals surface area contributed by atoms with Crippen molar-refractivity contribution in [2.75, 3.05) is 37.4 Å². The number of nitrogens with one attached hydrogen (secondary N) is 3. The Bertz CT molecular complexity index is 1750. The summed E-state index contributed by atoms with van der Waals surface area (Å²) in [5, 5.41) is 15.6. The summed E-state index contributed by atoms with van der Waals surface area (Å²) in [5.74, 6) is 0.350. The lowest BCUT2D eigenvalue weighted by Gasteiger charge is -2.28. The van der Waals surface area contributed by atoms with Gasteiger partial charge in [0.1, 0.15) is 11.6 Å². The smallest absolute Gasteiger partial charge is 0.490 e. The molecular formula is C33H37ClF3N5O5S. The number of aliphatic carboxylic acids is 1. The van der Waals surface area contributed by atoms with Crippen LogP contribution >= 0.6 is 11.6 Å². The van der Waals surface area contributed by atoms with E-state index < -0.39 is 22.2 Å². The third-order valence-corrected chi connectivity index (χ3v) is 9.60. The van der Waals surface area contributed by atoms with E-state index in [-0.39, 0.29) is 4.90 Å². The molecule has 5 rings (SSSR count). The molecule has 1 aromatic heterocycles. The van der Waals surface area contributed by atoms with E-state index in [1.807, 2.05) is 36.4 Å². The number of sulfonamides is 1. The van der Waals surface area contributed by atoms with Crippen molar-refractivity contribution in [3.8, 4) is 5.75 Å². The minimum atomic E-state index is -5.08. The number of alkyl halides is 3. The molecule has 15 heteroatoms. The van der Waals surface area contributed by atoms with Crippen LogP contribution in [0.4, 0.5) is 24.9 Å². The van der Waals surface area contributed by atoms with Crippen LogP contribution in [0, 0.1) is 11.8 Å². The number of halogens is 4. The molecule has 3 aromatic carbocycles. The number of benzene rings is 3. The van der Waals surface area contributed by atoms with E-state index in [1.165, 1.54) is 17.7 Å². The Morgan fingerprint density at radius 1 is 0.917 bits per heavy atom. The lowest BCUT2D eigenvalue weighted by Crippen LogP contribution is -2.32. The number of hydrogen-bond acceptors (Lipinski definition) is 8. The first-order valence-electron chi connectivity index (χ1n) is 15.3. The first-order valence-corrected chi connectivity index (χ1v) is 17.1. The zero-order chi connectivity index (χ0) is 34.7. The molecule has 4 aromatic rings. The zero-order valence-corrected chi connectivity index (χ0v) is 27.7. The van der Waals surface area contributed by atoms with Crippen LogP contribution in [0.5, 0.6) is 5.75 Å². The zero-order valence-electron chi connectivity index (χ0n) is 26.1. The number of para-hydroxylation sites is 1. The number of carboxylic acid groups (broad SMARTS) is 1. The molecule has 0 aliphatic heterocycles. The average molecular weight is 708 g/mol. The Kier molecular flexibility index (Phi) is 12.8. The summed E-state index contributed by atoms with van der Waals surface area (Å²) in [6.07, 6.45) is -0.204. The second kappa shape index (κ2) is 16.8. The largest absolute Gasteiger partial charge is 0.497 e. The van der Waals surface area contributed by atoms with E-state index in [2.05, 4.69) is 27.5 Å². The molecule has 0 amide bonds. The highest BCUT2D eigenvalue weighted by molar-refractivity contribution is 7.89. The minimum absolute atomic E-state index is 0.241. The van der Waals surface area contributed by atoms with E-state index in [4.69, 9.17) is 36.2 Å². The molecule has 4 N–H and O–H groups in total. The maximum Gasteiger partial charge on any atom is 0.490 e. The molecule has 1 heterocycles. The summed E-state index contributed by atoms with van der Waals surface area (Å²) in [4.78, 5) is 18.7. The number of hydrogen-bond donors (Lipinski definition) is 4. The van der Waals surface area contributed by atoms with Crippen molar-refractivity contribution in [1.82, 2.24) is 14.7 Å². The van der Waals surface area contributed by atoms with Crippen molar-refractivity contribution in [2.45, 2.75) is 43.2 Å². The van der Waals surface area contributed by atoms with Gasteiger partial charge in [-0.2, -0.15) is 18.2 Å². The van der Waals surface area contributed by atoms with Gasteiger partial charge in [0, 0.05) is 30.0 Å². The molecule has 0 atom stereocenters. The highest BCUT2D eigenvalue weighted by atomic mass is 35.5. The van der Waals surface area contributed by atoms with Gasteiger partial charge in [-0.05, 0) is 98.0 Å². The fourth-order valence-electron chi connectivity index (χ4n) is 5.21. The van der Waals surface area contributed by atoms with Crippen LogP contribution in [0.15, 0.2) is 77.7 Å². The lowest BCUT2D eigenvalue weighted by molar-refractivity contribution is -0.192. The maximum absolute atomic E-state index is 12.6. The van der Waals surface area contributed by atoms with Gasteiger partial charge in [-0.15, -0.1) is 0 Å². The Balaban J connectivity index is 0.000000671. The van der Waals surface area contributed by atoms with Crippen molar-refractivity contribution in [3.05, 3.63) is 83.4 Å². The summed E-state index contributed by atoms with van der Waals surface area (Å²) in [5.41, 5.74) is 2.12. The second-order valence-corrected chi connectivity index (χ2v) is 13.5. The number of methoxy groups -OCH3 is 1. The molecule has 1 fully saturated rings. The van der Waals surface area contributed by atoms with Gasteiger partial charge in [-0.25, -0.2) is 22.9 Å². The summed E-state index contributed by atoms with van der Waals surface area (Å²) in [6, 6.07) is 22.4. The van der Waals surface area contributed by atoms with Crippen LogP contribution in [0.1, 0.15) is 31.2 Å². The third-order valence-electron chi connectivity index (χ3n) is 7.91. The fraction of sp³-hybridized carbons (Fsp3) is 0.364. The van der Waals surface area contributed by atoms with Crippen molar-refractivity contribution >= 4 is 50.3 Å². The quantitative estimate of drug-likeness (QED) is 0.125. The number of carbonyl (C=O) groups is 1. The van der Waals surface area contributed by atoms with Crippen molar-refractivity contribution in [2.24, 2.45) is 11.8 Å². The van der Waals surface area contributed by atoms with Gasteiger partial charge in [0.15, 0.2) is 0 Å². The molecule has 48 heavy (non-hydrogen) atoms. The van der Waals surface area contributed by atoms with Crippen LogP contribution < -0.4 is 20.1 Å². The van der Waals surface area contributed by atoms with Crippen LogP contribution in [0.2, 0.25) is 5.02 Å². The molecule has 1 aliphatic rings. The number of anilines is 2. The molecule has 258 valence electrons. The van der Waals surface area contributed by atoms with Gasteiger partial charge in [0.2, 0.25) is 16.0 Å². The van der Waals surface area contributed by atoms with Gasteiger partial charge in [0.05, 0.1) is 17.5 Å². The summed E-state index contributed by atoms with van der Waals surface area (Å²) < 4.78 is 65.0. The van der Waals surface area contributed by atoms with Gasteiger partial charge >= 0.3 is 12.1 Å². The number of fused-ring (bicyclic) bond motifs is 1. The highest BCUT2D eigenvalue weighted by Crippen LogP contribution is 2.29. The number of carboxylic acids is 1. The number of aromatic nitrogens is 2. The molecule has 0 unspecified atom stereocenters. The molecule has 0 bridgehead atoms. The standard InChI is InChI=1S/C31H36ClN5O3S.C2HF3O2/c1-40-26-14-10-22(11-15-26)18-19-33-30-28-4-2-3-5-29(28)36-31(37-30)34-20-23-6-8-24(9-7-23)21-35-41(38,39)27-16-12-25(32)13-17-27;3-2(4,5)1(6)7/h2-5,10-17,23-24,35H,6-9,18-21H2,1H3,(H2,33,34,36,37);(H,6,7). The second-order valence-electron chi connectivity index (χ2n) is 11.3. The molecule has 1 aliphatic carbocycles. The van der Waals surface area contributed by atoms with Crippen molar-refractivity contribution in [1.29, 1.82) is 0 Å².